The smallest absolute Gasteiger partial charge is 0.258 e. The normalized spacial score (nSPS) is 10.6. The first-order chi connectivity index (χ1) is 17.4. The molecule has 0 unspecified atom stereocenters. The molecule has 36 heavy (non-hydrogen) atoms. The van der Waals surface area contributed by atoms with Crippen LogP contribution in [0.15, 0.2) is 89.1 Å². The van der Waals surface area contributed by atoms with Gasteiger partial charge in [0.05, 0.1) is 22.5 Å². The third-order valence-corrected chi connectivity index (χ3v) is 6.35. The summed E-state index contributed by atoms with van der Waals surface area (Å²) in [6.45, 7) is 3.78. The van der Waals surface area contributed by atoms with Gasteiger partial charge in [-0.15, -0.1) is 11.3 Å². The molecule has 0 saturated carbocycles. The number of carbonyl (C=O) groups is 1. The molecule has 178 valence electrons. The second kappa shape index (κ2) is 11.4. The van der Waals surface area contributed by atoms with Crippen molar-refractivity contribution in [2.45, 2.75) is 13.8 Å². The van der Waals surface area contributed by atoms with Gasteiger partial charge in [0, 0.05) is 16.3 Å². The third-order valence-electron chi connectivity index (χ3n) is 5.12. The minimum atomic E-state index is -0.337. The van der Waals surface area contributed by atoms with Gasteiger partial charge in [-0.2, -0.15) is 15.5 Å². The Morgan fingerprint density at radius 2 is 1.42 bits per heavy atom. The summed E-state index contributed by atoms with van der Waals surface area (Å²) in [4.78, 5) is 13.6. The lowest BCUT2D eigenvalue weighted by atomic mass is 10.1. The van der Waals surface area contributed by atoms with Crippen LogP contribution >= 0.6 is 23.6 Å². The summed E-state index contributed by atoms with van der Waals surface area (Å²) < 4.78 is 0. The van der Waals surface area contributed by atoms with Gasteiger partial charge in [-0.3, -0.25) is 4.79 Å². The number of thiophene rings is 1. The van der Waals surface area contributed by atoms with E-state index >= 15 is 0 Å². The van der Waals surface area contributed by atoms with Crippen molar-refractivity contribution in [2.24, 2.45) is 10.2 Å². The van der Waals surface area contributed by atoms with Crippen molar-refractivity contribution in [3.63, 3.8) is 0 Å². The molecule has 0 aliphatic heterocycles. The lowest BCUT2D eigenvalue weighted by molar-refractivity contribution is 0.102. The molecule has 7 nitrogen and oxygen atoms in total. The van der Waals surface area contributed by atoms with Crippen molar-refractivity contribution < 1.29 is 4.79 Å². The van der Waals surface area contributed by atoms with E-state index in [-0.39, 0.29) is 11.5 Å². The Bertz CT molecular complexity index is 1450. The van der Waals surface area contributed by atoms with Crippen LogP contribution in [0.1, 0.15) is 26.4 Å². The molecule has 3 aromatic carbocycles. The van der Waals surface area contributed by atoms with Gasteiger partial charge >= 0.3 is 0 Å². The zero-order valence-electron chi connectivity index (χ0n) is 19.6. The first kappa shape index (κ1) is 24.7. The predicted octanol–water partition coefficient (Wildman–Crippen LogP) is 7.71. The quantitative estimate of drug-likeness (QED) is 0.182. The van der Waals surface area contributed by atoms with Crippen LogP contribution in [0.3, 0.4) is 0 Å². The minimum absolute atomic E-state index is 0.253. The molecular weight excluding hydrogens is 488 g/mol. The topological polar surface area (TPSA) is 102 Å². The fourth-order valence-corrected chi connectivity index (χ4v) is 4.62. The van der Waals surface area contributed by atoms with E-state index in [1.165, 1.54) is 11.3 Å². The summed E-state index contributed by atoms with van der Waals surface area (Å²) in [7, 11) is 0. The maximum atomic E-state index is 12.9. The average Bonchev–Trinajstić information content (AvgIpc) is 3.20. The molecule has 4 aromatic rings. The van der Waals surface area contributed by atoms with Crippen LogP contribution in [0, 0.1) is 25.2 Å². The molecule has 4 rings (SSSR count). The highest BCUT2D eigenvalue weighted by Crippen LogP contribution is 2.33. The van der Waals surface area contributed by atoms with Crippen LogP contribution in [-0.2, 0) is 0 Å². The van der Waals surface area contributed by atoms with Crippen LogP contribution < -0.4 is 16.0 Å². The van der Waals surface area contributed by atoms with Crippen molar-refractivity contribution in [2.75, 3.05) is 16.0 Å². The van der Waals surface area contributed by atoms with Crippen molar-refractivity contribution in [1.29, 1.82) is 5.26 Å². The summed E-state index contributed by atoms with van der Waals surface area (Å²) in [5.74, 6) is -0.337. The lowest BCUT2D eigenvalue weighted by Gasteiger charge is -2.10. The standard InChI is InChI=1S/C27H22N6OS2/c1-17-8-10-19(11-9-17)29-25(34)24-18(2)36-26(23(24)16-28)31-27(35)30-20-12-14-22(15-13-20)33-32-21-6-4-3-5-7-21/h3-15H,1-2H3,(H,29,34)(H2,30,31,35). The van der Waals surface area contributed by atoms with Crippen LogP contribution in [0.25, 0.3) is 0 Å². The van der Waals surface area contributed by atoms with Crippen molar-refractivity contribution >= 4 is 62.3 Å². The molecule has 9 heteroatoms. The minimum Gasteiger partial charge on any atom is -0.332 e. The van der Waals surface area contributed by atoms with Gasteiger partial charge in [0.1, 0.15) is 11.1 Å². The van der Waals surface area contributed by atoms with E-state index in [4.69, 9.17) is 12.2 Å². The number of hydrogen-bond acceptors (Lipinski definition) is 6. The molecule has 1 heterocycles. The van der Waals surface area contributed by atoms with E-state index in [1.54, 1.807) is 6.92 Å². The number of nitriles is 1. The van der Waals surface area contributed by atoms with Gasteiger partial charge in [-0.1, -0.05) is 35.9 Å². The highest BCUT2D eigenvalue weighted by atomic mass is 32.1. The third kappa shape index (κ3) is 6.18. The Balaban J connectivity index is 1.41. The molecule has 0 fully saturated rings. The number of amides is 1. The highest BCUT2D eigenvalue weighted by molar-refractivity contribution is 7.80. The summed E-state index contributed by atoms with van der Waals surface area (Å²) in [5.41, 5.74) is 4.57. The second-order valence-electron chi connectivity index (χ2n) is 7.83. The van der Waals surface area contributed by atoms with Gasteiger partial charge in [0.2, 0.25) is 0 Å². The Kier molecular flexibility index (Phi) is 7.80. The Morgan fingerprint density at radius 3 is 2.06 bits per heavy atom. The number of carbonyl (C=O) groups excluding carboxylic acids is 1. The Hall–Kier alpha value is -4.39. The molecule has 0 aliphatic rings. The maximum Gasteiger partial charge on any atom is 0.258 e. The Morgan fingerprint density at radius 1 is 0.833 bits per heavy atom. The lowest BCUT2D eigenvalue weighted by Crippen LogP contribution is -2.19. The van der Waals surface area contributed by atoms with E-state index in [9.17, 15) is 10.1 Å². The SMILES string of the molecule is Cc1ccc(NC(=O)c2c(C)sc(NC(=S)Nc3ccc(N=Nc4ccccc4)cc3)c2C#N)cc1. The number of thiocarbonyl (C=S) groups is 1. The van der Waals surface area contributed by atoms with Crippen LogP contribution in [0.5, 0.6) is 0 Å². The Labute approximate surface area is 218 Å². The number of benzene rings is 3. The number of hydrogen-bond donors (Lipinski definition) is 3. The molecular formula is C27H22N6OS2. The van der Waals surface area contributed by atoms with Gasteiger partial charge in [-0.05, 0) is 74.6 Å². The van der Waals surface area contributed by atoms with Crippen molar-refractivity contribution in [3.05, 3.63) is 100 Å². The van der Waals surface area contributed by atoms with E-state index < -0.39 is 0 Å². The zero-order chi connectivity index (χ0) is 25.5. The number of aryl methyl sites for hydroxylation is 2. The summed E-state index contributed by atoms with van der Waals surface area (Å²) in [5, 5.41) is 28.0. The number of nitrogens with one attached hydrogen (secondary N) is 3. The molecule has 1 aromatic heterocycles. The van der Waals surface area contributed by atoms with E-state index in [1.807, 2.05) is 85.8 Å². The van der Waals surface area contributed by atoms with E-state index in [0.29, 0.717) is 27.1 Å². The number of rotatable bonds is 6. The molecule has 3 N–H and O–H groups in total. The first-order valence-corrected chi connectivity index (χ1v) is 12.2. The molecule has 0 aliphatic carbocycles. The summed E-state index contributed by atoms with van der Waals surface area (Å²) in [6, 6.07) is 26.4. The fourth-order valence-electron chi connectivity index (χ4n) is 3.33. The monoisotopic (exact) mass is 510 g/mol. The predicted molar refractivity (Wildman–Crippen MR) is 150 cm³/mol. The average molecular weight is 511 g/mol. The van der Waals surface area contributed by atoms with Gasteiger partial charge in [0.25, 0.3) is 5.91 Å². The largest absolute Gasteiger partial charge is 0.332 e. The van der Waals surface area contributed by atoms with Gasteiger partial charge < -0.3 is 16.0 Å². The zero-order valence-corrected chi connectivity index (χ0v) is 21.2. The molecule has 0 saturated heterocycles. The van der Waals surface area contributed by atoms with E-state index in [0.717, 1.165) is 21.8 Å². The van der Waals surface area contributed by atoms with Crippen LogP contribution in [-0.4, -0.2) is 11.0 Å². The number of anilines is 3. The van der Waals surface area contributed by atoms with E-state index in [2.05, 4.69) is 32.2 Å². The number of nitrogens with zero attached hydrogens (tertiary/aromatic N) is 3. The molecule has 0 atom stereocenters. The molecule has 1 amide bonds. The van der Waals surface area contributed by atoms with Crippen molar-refractivity contribution in [3.8, 4) is 6.07 Å². The molecule has 0 bridgehead atoms. The van der Waals surface area contributed by atoms with Crippen molar-refractivity contribution in [1.82, 2.24) is 0 Å². The van der Waals surface area contributed by atoms with Crippen LogP contribution in [0.4, 0.5) is 27.8 Å². The first-order valence-electron chi connectivity index (χ1n) is 11.0. The molecule has 0 radical (unpaired) electrons. The van der Waals surface area contributed by atoms with Crippen LogP contribution in [0.2, 0.25) is 0 Å². The molecule has 0 spiro atoms. The number of azo groups is 1. The highest BCUT2D eigenvalue weighted by Gasteiger charge is 2.22. The summed E-state index contributed by atoms with van der Waals surface area (Å²) in [6.07, 6.45) is 0. The van der Waals surface area contributed by atoms with Gasteiger partial charge in [0.15, 0.2) is 5.11 Å². The maximum absolute atomic E-state index is 12.9. The van der Waals surface area contributed by atoms with Gasteiger partial charge in [-0.25, -0.2) is 0 Å². The second-order valence-corrected chi connectivity index (χ2v) is 9.46. The summed E-state index contributed by atoms with van der Waals surface area (Å²) >= 11 is 6.74. The fraction of sp³-hybridized carbons (Fsp3) is 0.0741.